The molecule has 0 aromatic carbocycles. The van der Waals surface area contributed by atoms with Crippen LogP contribution in [0.15, 0.2) is 21.7 Å². The van der Waals surface area contributed by atoms with E-state index in [0.29, 0.717) is 36.7 Å². The van der Waals surface area contributed by atoms with Crippen LogP contribution in [0.2, 0.25) is 0 Å². The minimum absolute atomic E-state index is 0.0465. The van der Waals surface area contributed by atoms with Gasteiger partial charge in [0.25, 0.3) is 10.0 Å². The molecule has 1 amide bonds. The van der Waals surface area contributed by atoms with Crippen molar-refractivity contribution < 1.29 is 13.2 Å². The number of carbonyl (C=O) groups is 1. The Morgan fingerprint density at radius 2 is 2.10 bits per heavy atom. The monoisotopic (exact) mass is 316 g/mol. The number of piperidine rings is 1. The Morgan fingerprint density at radius 1 is 1.45 bits per heavy atom. The van der Waals surface area contributed by atoms with Crippen LogP contribution in [0.25, 0.3) is 0 Å². The minimum Gasteiger partial charge on any atom is -0.346 e. The topological polar surface area (TPSA) is 57.7 Å². The van der Waals surface area contributed by atoms with Gasteiger partial charge in [0.1, 0.15) is 4.21 Å². The Bertz CT molecular complexity index is 546. The zero-order valence-electron chi connectivity index (χ0n) is 11.8. The molecule has 1 aliphatic rings. The van der Waals surface area contributed by atoms with Crippen LogP contribution in [0.5, 0.6) is 0 Å². The second-order valence-corrected chi connectivity index (χ2v) is 8.08. The molecule has 0 saturated carbocycles. The molecule has 1 saturated heterocycles. The second kappa shape index (κ2) is 6.24. The van der Waals surface area contributed by atoms with E-state index in [0.717, 1.165) is 0 Å². The quantitative estimate of drug-likeness (QED) is 0.848. The van der Waals surface area contributed by atoms with Gasteiger partial charge in [0.15, 0.2) is 0 Å². The first-order valence-corrected chi connectivity index (χ1v) is 9.07. The molecule has 5 nitrogen and oxygen atoms in total. The summed E-state index contributed by atoms with van der Waals surface area (Å²) in [6, 6.07) is 3.37. The van der Waals surface area contributed by atoms with Crippen molar-refractivity contribution in [2.24, 2.45) is 5.92 Å². The van der Waals surface area contributed by atoms with Gasteiger partial charge in [-0.1, -0.05) is 6.07 Å². The summed E-state index contributed by atoms with van der Waals surface area (Å²) < 4.78 is 26.6. The number of amides is 1. The summed E-state index contributed by atoms with van der Waals surface area (Å²) >= 11 is 1.23. The third kappa shape index (κ3) is 3.05. The summed E-state index contributed by atoms with van der Waals surface area (Å²) in [5.41, 5.74) is 0. The van der Waals surface area contributed by atoms with Gasteiger partial charge in [-0.25, -0.2) is 8.42 Å². The molecule has 20 heavy (non-hydrogen) atoms. The average Bonchev–Trinajstić information content (AvgIpc) is 3.00. The lowest BCUT2D eigenvalue weighted by Crippen LogP contribution is -2.43. The first kappa shape index (κ1) is 15.5. The minimum atomic E-state index is -3.37. The average molecular weight is 316 g/mol. The predicted molar refractivity (Wildman–Crippen MR) is 79.1 cm³/mol. The van der Waals surface area contributed by atoms with Crippen molar-refractivity contribution in [3.8, 4) is 0 Å². The Labute approximate surface area is 124 Å². The normalized spacial score (nSPS) is 18.1. The van der Waals surface area contributed by atoms with Crippen molar-refractivity contribution in [1.82, 2.24) is 9.21 Å². The molecule has 7 heteroatoms. The zero-order valence-corrected chi connectivity index (χ0v) is 13.4. The van der Waals surface area contributed by atoms with E-state index >= 15 is 0 Å². The van der Waals surface area contributed by atoms with E-state index in [1.54, 1.807) is 29.5 Å². The number of hydrogen-bond donors (Lipinski definition) is 0. The van der Waals surface area contributed by atoms with Gasteiger partial charge < -0.3 is 4.90 Å². The highest BCUT2D eigenvalue weighted by molar-refractivity contribution is 7.91. The largest absolute Gasteiger partial charge is 0.346 e. The lowest BCUT2D eigenvalue weighted by Gasteiger charge is -2.31. The number of rotatable bonds is 4. The van der Waals surface area contributed by atoms with Crippen LogP contribution in [0.4, 0.5) is 0 Å². The second-order valence-electron chi connectivity index (χ2n) is 4.96. The van der Waals surface area contributed by atoms with Crippen LogP contribution in [0.1, 0.15) is 19.8 Å². The number of sulfonamides is 1. The van der Waals surface area contributed by atoms with Crippen LogP contribution in [-0.4, -0.2) is 50.2 Å². The van der Waals surface area contributed by atoms with Gasteiger partial charge in [0.2, 0.25) is 5.91 Å². The highest BCUT2D eigenvalue weighted by atomic mass is 32.2. The number of thiophene rings is 1. The van der Waals surface area contributed by atoms with Gasteiger partial charge in [-0.2, -0.15) is 4.31 Å². The van der Waals surface area contributed by atoms with Crippen molar-refractivity contribution in [1.29, 1.82) is 0 Å². The lowest BCUT2D eigenvalue weighted by atomic mass is 9.97. The molecule has 112 valence electrons. The Balaban J connectivity index is 2.00. The van der Waals surface area contributed by atoms with Crippen LogP contribution >= 0.6 is 11.3 Å². The Hall–Kier alpha value is -0.920. The Kier molecular flexibility index (Phi) is 4.82. The zero-order chi connectivity index (χ0) is 14.8. The van der Waals surface area contributed by atoms with Crippen molar-refractivity contribution in [3.63, 3.8) is 0 Å². The standard InChI is InChI=1S/C13H20N2O3S2/c1-3-14(2)13(16)11-6-8-15(9-7-11)20(17,18)12-5-4-10-19-12/h4-5,10-11H,3,6-9H2,1-2H3. The molecular weight excluding hydrogens is 296 g/mol. The molecule has 0 bridgehead atoms. The van der Waals surface area contributed by atoms with Gasteiger partial charge in [-0.3, -0.25) is 4.79 Å². The molecule has 0 N–H and O–H groups in total. The van der Waals surface area contributed by atoms with Crippen molar-refractivity contribution >= 4 is 27.3 Å². The maximum absolute atomic E-state index is 12.4. The number of nitrogens with zero attached hydrogens (tertiary/aromatic N) is 2. The fraction of sp³-hybridized carbons (Fsp3) is 0.615. The highest BCUT2D eigenvalue weighted by Gasteiger charge is 2.33. The Morgan fingerprint density at radius 3 is 2.60 bits per heavy atom. The predicted octanol–water partition coefficient (Wildman–Crippen LogP) is 1.63. The molecule has 1 aliphatic heterocycles. The van der Waals surface area contributed by atoms with Gasteiger partial charge >= 0.3 is 0 Å². The van der Waals surface area contributed by atoms with Crippen LogP contribution < -0.4 is 0 Å². The van der Waals surface area contributed by atoms with Gasteiger partial charge in [-0.05, 0) is 31.2 Å². The summed E-state index contributed by atoms with van der Waals surface area (Å²) in [6.45, 7) is 3.48. The maximum atomic E-state index is 12.4. The summed E-state index contributed by atoms with van der Waals surface area (Å²) in [5.74, 6) is 0.0791. The van der Waals surface area contributed by atoms with Gasteiger partial charge in [0, 0.05) is 32.6 Å². The van der Waals surface area contributed by atoms with E-state index in [1.165, 1.54) is 15.6 Å². The van der Waals surface area contributed by atoms with Crippen molar-refractivity contribution in [3.05, 3.63) is 17.5 Å². The van der Waals surface area contributed by atoms with Crippen LogP contribution in [-0.2, 0) is 14.8 Å². The third-order valence-electron chi connectivity index (χ3n) is 3.74. The van der Waals surface area contributed by atoms with E-state index in [2.05, 4.69) is 0 Å². The molecule has 1 aromatic rings. The van der Waals surface area contributed by atoms with E-state index < -0.39 is 10.0 Å². The molecule has 0 unspecified atom stereocenters. The number of carbonyl (C=O) groups excluding carboxylic acids is 1. The maximum Gasteiger partial charge on any atom is 0.252 e. The molecule has 0 atom stereocenters. The molecule has 1 fully saturated rings. The third-order valence-corrected chi connectivity index (χ3v) is 7.01. The van der Waals surface area contributed by atoms with E-state index in [-0.39, 0.29) is 11.8 Å². The summed E-state index contributed by atoms with van der Waals surface area (Å²) in [6.07, 6.45) is 1.21. The lowest BCUT2D eigenvalue weighted by molar-refractivity contribution is -0.135. The van der Waals surface area contributed by atoms with Crippen molar-refractivity contribution in [2.45, 2.75) is 24.0 Å². The first-order valence-electron chi connectivity index (χ1n) is 6.75. The summed E-state index contributed by atoms with van der Waals surface area (Å²) in [7, 11) is -1.58. The fourth-order valence-corrected chi connectivity index (χ4v) is 4.96. The molecule has 0 spiro atoms. The van der Waals surface area contributed by atoms with E-state index in [9.17, 15) is 13.2 Å². The highest BCUT2D eigenvalue weighted by Crippen LogP contribution is 2.26. The van der Waals surface area contributed by atoms with Crippen LogP contribution in [0.3, 0.4) is 0 Å². The molecule has 2 rings (SSSR count). The molecule has 0 aliphatic carbocycles. The van der Waals surface area contributed by atoms with Gasteiger partial charge in [0.05, 0.1) is 0 Å². The fourth-order valence-electron chi connectivity index (χ4n) is 2.35. The van der Waals surface area contributed by atoms with Crippen LogP contribution in [0, 0.1) is 5.92 Å². The first-order chi connectivity index (χ1) is 9.46. The molecule has 0 radical (unpaired) electrons. The summed E-state index contributed by atoms with van der Waals surface area (Å²) in [4.78, 5) is 13.8. The molecule has 1 aromatic heterocycles. The molecule has 2 heterocycles. The van der Waals surface area contributed by atoms with Crippen molar-refractivity contribution in [2.75, 3.05) is 26.7 Å². The smallest absolute Gasteiger partial charge is 0.252 e. The van der Waals surface area contributed by atoms with Gasteiger partial charge in [-0.15, -0.1) is 11.3 Å². The summed E-state index contributed by atoms with van der Waals surface area (Å²) in [5, 5.41) is 1.76. The van der Waals surface area contributed by atoms with E-state index in [4.69, 9.17) is 0 Å². The molecular formula is C13H20N2O3S2. The SMILES string of the molecule is CCN(C)C(=O)C1CCN(S(=O)(=O)c2cccs2)CC1. The van der Waals surface area contributed by atoms with E-state index in [1.807, 2.05) is 6.92 Å². The number of hydrogen-bond acceptors (Lipinski definition) is 4.